The molecule has 1 aliphatic rings. The zero-order valence-electron chi connectivity index (χ0n) is 10.2. The molecule has 0 aromatic rings. The van der Waals surface area contributed by atoms with Gasteiger partial charge >= 0.3 is 6.09 Å². The van der Waals surface area contributed by atoms with E-state index in [9.17, 15) is 9.90 Å². The summed E-state index contributed by atoms with van der Waals surface area (Å²) in [6.45, 7) is 10.1. The van der Waals surface area contributed by atoms with Crippen LogP contribution in [0.4, 0.5) is 4.79 Å². The first-order valence-corrected chi connectivity index (χ1v) is 5.32. The molecule has 0 aromatic carbocycles. The molecule has 0 radical (unpaired) electrons. The SMILES string of the molecule is C[C@@H]1CN(C(=O)OC(C)(C)C)C[C@@]1(C)O. The number of β-amino-alcohol motifs (C(OH)–C–C–N with tert-alkyl or cyclic N) is 1. The summed E-state index contributed by atoms with van der Waals surface area (Å²) in [6.07, 6.45) is -0.341. The van der Waals surface area contributed by atoms with Crippen LogP contribution in [0, 0.1) is 5.92 Å². The smallest absolute Gasteiger partial charge is 0.410 e. The molecule has 2 atom stereocenters. The van der Waals surface area contributed by atoms with Crippen LogP contribution >= 0.6 is 0 Å². The van der Waals surface area contributed by atoms with E-state index in [0.29, 0.717) is 13.1 Å². The standard InChI is InChI=1S/C11H21NO3/c1-8-6-12(7-11(8,5)14)9(13)15-10(2,3)4/h8,14H,6-7H2,1-5H3/t8-,11-/m1/s1. The minimum absolute atomic E-state index is 0.0880. The number of nitrogens with zero attached hydrogens (tertiary/aromatic N) is 1. The van der Waals surface area contributed by atoms with Crippen molar-refractivity contribution in [3.63, 3.8) is 0 Å². The van der Waals surface area contributed by atoms with E-state index in [1.807, 2.05) is 27.7 Å². The first-order valence-electron chi connectivity index (χ1n) is 5.32. The van der Waals surface area contributed by atoms with Gasteiger partial charge in [0.25, 0.3) is 0 Å². The first-order chi connectivity index (χ1) is 6.62. The molecule has 0 bridgehead atoms. The molecule has 0 spiro atoms. The number of hydrogen-bond acceptors (Lipinski definition) is 3. The average molecular weight is 215 g/mol. The van der Waals surface area contributed by atoms with Crippen molar-refractivity contribution in [1.82, 2.24) is 4.90 Å². The number of rotatable bonds is 0. The summed E-state index contributed by atoms with van der Waals surface area (Å²) < 4.78 is 5.24. The maximum absolute atomic E-state index is 11.7. The molecular weight excluding hydrogens is 194 g/mol. The van der Waals surface area contributed by atoms with E-state index in [2.05, 4.69) is 0 Å². The lowest BCUT2D eigenvalue weighted by Crippen LogP contribution is -2.38. The van der Waals surface area contributed by atoms with Crippen molar-refractivity contribution >= 4 is 6.09 Å². The van der Waals surface area contributed by atoms with E-state index in [4.69, 9.17) is 4.74 Å². The fourth-order valence-corrected chi connectivity index (χ4v) is 1.60. The lowest BCUT2D eigenvalue weighted by molar-refractivity contribution is 0.0152. The van der Waals surface area contributed by atoms with Gasteiger partial charge in [-0.1, -0.05) is 6.92 Å². The summed E-state index contributed by atoms with van der Waals surface area (Å²) in [5.74, 6) is 0.0880. The van der Waals surface area contributed by atoms with Crippen LogP contribution in [0.15, 0.2) is 0 Å². The zero-order valence-corrected chi connectivity index (χ0v) is 10.2. The summed E-state index contributed by atoms with van der Waals surface area (Å²) in [5, 5.41) is 9.93. The third-order valence-electron chi connectivity index (χ3n) is 2.72. The molecule has 15 heavy (non-hydrogen) atoms. The van der Waals surface area contributed by atoms with Crippen molar-refractivity contribution in [3.8, 4) is 0 Å². The number of hydrogen-bond donors (Lipinski definition) is 1. The van der Waals surface area contributed by atoms with E-state index in [1.165, 1.54) is 0 Å². The second-order valence-corrected chi connectivity index (χ2v) is 5.62. The molecule has 0 unspecified atom stereocenters. The Balaban J connectivity index is 2.58. The molecule has 1 N–H and O–H groups in total. The van der Waals surface area contributed by atoms with E-state index in [0.717, 1.165) is 0 Å². The van der Waals surface area contributed by atoms with Crippen molar-refractivity contribution in [2.75, 3.05) is 13.1 Å². The van der Waals surface area contributed by atoms with Crippen LogP contribution in [0.1, 0.15) is 34.6 Å². The summed E-state index contributed by atoms with van der Waals surface area (Å²) in [5.41, 5.74) is -1.27. The molecule has 1 rings (SSSR count). The molecular formula is C11H21NO3. The number of likely N-dealkylation sites (tertiary alicyclic amines) is 1. The summed E-state index contributed by atoms with van der Waals surface area (Å²) in [6, 6.07) is 0. The minimum Gasteiger partial charge on any atom is -0.444 e. The predicted molar refractivity (Wildman–Crippen MR) is 57.6 cm³/mol. The van der Waals surface area contributed by atoms with Crippen LogP contribution < -0.4 is 0 Å². The van der Waals surface area contributed by atoms with Gasteiger partial charge in [0.15, 0.2) is 0 Å². The predicted octanol–water partition coefficient (Wildman–Crippen LogP) is 1.62. The van der Waals surface area contributed by atoms with Crippen molar-refractivity contribution < 1.29 is 14.6 Å². The molecule has 4 nitrogen and oxygen atoms in total. The highest BCUT2D eigenvalue weighted by atomic mass is 16.6. The van der Waals surface area contributed by atoms with Crippen molar-refractivity contribution in [2.24, 2.45) is 5.92 Å². The highest BCUT2D eigenvalue weighted by Crippen LogP contribution is 2.27. The summed E-state index contributed by atoms with van der Waals surface area (Å²) in [7, 11) is 0. The average Bonchev–Trinajstić information content (AvgIpc) is 2.23. The lowest BCUT2D eigenvalue weighted by Gasteiger charge is -2.25. The summed E-state index contributed by atoms with van der Waals surface area (Å²) in [4.78, 5) is 13.3. The van der Waals surface area contributed by atoms with Gasteiger partial charge in [0.05, 0.1) is 12.1 Å². The highest BCUT2D eigenvalue weighted by molar-refractivity contribution is 5.68. The summed E-state index contributed by atoms with van der Waals surface area (Å²) >= 11 is 0. The van der Waals surface area contributed by atoms with Crippen LogP contribution in [0.5, 0.6) is 0 Å². The molecule has 1 amide bonds. The number of carbonyl (C=O) groups is 1. The Morgan fingerprint density at radius 2 is 2.07 bits per heavy atom. The van der Waals surface area contributed by atoms with Crippen molar-refractivity contribution in [1.29, 1.82) is 0 Å². The van der Waals surface area contributed by atoms with Crippen LogP contribution in [0.3, 0.4) is 0 Å². The fourth-order valence-electron chi connectivity index (χ4n) is 1.60. The number of carbonyl (C=O) groups excluding carboxylic acids is 1. The Bertz CT molecular complexity index is 255. The Hall–Kier alpha value is -0.770. The zero-order chi connectivity index (χ0) is 11.9. The number of amides is 1. The molecule has 0 saturated carbocycles. The van der Waals surface area contributed by atoms with Crippen molar-refractivity contribution in [2.45, 2.75) is 45.8 Å². The molecule has 1 aliphatic heterocycles. The van der Waals surface area contributed by atoms with Gasteiger partial charge in [-0.15, -0.1) is 0 Å². The Kier molecular flexibility index (Phi) is 3.01. The van der Waals surface area contributed by atoms with Gasteiger partial charge in [-0.3, -0.25) is 0 Å². The highest BCUT2D eigenvalue weighted by Gasteiger charge is 2.41. The quantitative estimate of drug-likeness (QED) is 0.668. The second kappa shape index (κ2) is 3.67. The molecule has 1 heterocycles. The monoisotopic (exact) mass is 215 g/mol. The van der Waals surface area contributed by atoms with Crippen LogP contribution in [-0.4, -0.2) is 40.4 Å². The van der Waals surface area contributed by atoms with Crippen molar-refractivity contribution in [3.05, 3.63) is 0 Å². The molecule has 0 aliphatic carbocycles. The maximum Gasteiger partial charge on any atom is 0.410 e. The lowest BCUT2D eigenvalue weighted by atomic mass is 9.95. The Labute approximate surface area is 91.2 Å². The first kappa shape index (κ1) is 12.3. The number of ether oxygens (including phenoxy) is 1. The maximum atomic E-state index is 11.7. The molecule has 88 valence electrons. The second-order valence-electron chi connectivity index (χ2n) is 5.62. The van der Waals surface area contributed by atoms with Gasteiger partial charge < -0.3 is 14.7 Å². The molecule has 0 aromatic heterocycles. The Morgan fingerprint density at radius 3 is 2.40 bits per heavy atom. The molecule has 1 fully saturated rings. The third kappa shape index (κ3) is 3.09. The van der Waals surface area contributed by atoms with Gasteiger partial charge in [-0.25, -0.2) is 4.79 Å². The van der Waals surface area contributed by atoms with Gasteiger partial charge in [-0.2, -0.15) is 0 Å². The van der Waals surface area contributed by atoms with Gasteiger partial charge in [0.1, 0.15) is 5.60 Å². The molecule has 1 saturated heterocycles. The van der Waals surface area contributed by atoms with Gasteiger partial charge in [-0.05, 0) is 27.7 Å². The third-order valence-corrected chi connectivity index (χ3v) is 2.72. The normalized spacial score (nSPS) is 31.9. The number of aliphatic hydroxyl groups is 1. The topological polar surface area (TPSA) is 49.8 Å². The Morgan fingerprint density at radius 1 is 1.53 bits per heavy atom. The van der Waals surface area contributed by atoms with Crippen LogP contribution in [-0.2, 0) is 4.74 Å². The van der Waals surface area contributed by atoms with E-state index in [-0.39, 0.29) is 12.0 Å². The largest absolute Gasteiger partial charge is 0.444 e. The van der Waals surface area contributed by atoms with Gasteiger partial charge in [0, 0.05) is 12.5 Å². The van der Waals surface area contributed by atoms with E-state index >= 15 is 0 Å². The van der Waals surface area contributed by atoms with Crippen LogP contribution in [0.25, 0.3) is 0 Å². The van der Waals surface area contributed by atoms with Gasteiger partial charge in [0.2, 0.25) is 0 Å². The van der Waals surface area contributed by atoms with Crippen LogP contribution in [0.2, 0.25) is 0 Å². The van der Waals surface area contributed by atoms with E-state index < -0.39 is 11.2 Å². The molecule has 4 heteroatoms. The fraction of sp³-hybridized carbons (Fsp3) is 0.909. The minimum atomic E-state index is -0.795. The van der Waals surface area contributed by atoms with E-state index in [1.54, 1.807) is 11.8 Å².